The number of aromatic nitrogens is 1. The van der Waals surface area contributed by atoms with Crippen molar-refractivity contribution in [3.8, 4) is 0 Å². The quantitative estimate of drug-likeness (QED) is 0.768. The molecule has 1 saturated carbocycles. The molecule has 1 heterocycles. The second-order valence-electron chi connectivity index (χ2n) is 4.64. The zero-order valence-corrected chi connectivity index (χ0v) is 11.7. The summed E-state index contributed by atoms with van der Waals surface area (Å²) in [4.78, 5) is 15.2. The SMILES string of the molecule is CCSC1CCCC1Nc1cnc(N)cc1C(=O)O. The number of anilines is 2. The van der Waals surface area contributed by atoms with E-state index in [0.29, 0.717) is 17.0 Å². The van der Waals surface area contributed by atoms with E-state index in [1.54, 1.807) is 0 Å². The lowest BCUT2D eigenvalue weighted by molar-refractivity contribution is 0.0698. The van der Waals surface area contributed by atoms with Gasteiger partial charge in [0.15, 0.2) is 0 Å². The maximum atomic E-state index is 11.2. The first kappa shape index (κ1) is 14.0. The first-order valence-electron chi connectivity index (χ1n) is 6.48. The Hall–Kier alpha value is -1.43. The van der Waals surface area contributed by atoms with Crippen LogP contribution in [0.15, 0.2) is 12.3 Å². The van der Waals surface area contributed by atoms with Crippen LogP contribution in [-0.4, -0.2) is 33.1 Å². The van der Waals surface area contributed by atoms with Crippen molar-refractivity contribution < 1.29 is 9.90 Å². The van der Waals surface area contributed by atoms with Crippen molar-refractivity contribution in [3.05, 3.63) is 17.8 Å². The number of nitrogens with two attached hydrogens (primary N) is 1. The molecule has 0 bridgehead atoms. The van der Waals surface area contributed by atoms with Gasteiger partial charge in [-0.3, -0.25) is 0 Å². The summed E-state index contributed by atoms with van der Waals surface area (Å²) < 4.78 is 0. The van der Waals surface area contributed by atoms with Crippen molar-refractivity contribution in [3.63, 3.8) is 0 Å². The average Bonchev–Trinajstić information content (AvgIpc) is 2.79. The molecule has 0 amide bonds. The number of rotatable bonds is 5. The van der Waals surface area contributed by atoms with E-state index in [1.165, 1.54) is 25.1 Å². The number of nitrogens with zero attached hydrogens (tertiary/aromatic N) is 1. The largest absolute Gasteiger partial charge is 0.478 e. The van der Waals surface area contributed by atoms with Gasteiger partial charge in [0.25, 0.3) is 0 Å². The molecule has 1 fully saturated rings. The molecule has 2 rings (SSSR count). The van der Waals surface area contributed by atoms with Crippen LogP contribution < -0.4 is 11.1 Å². The molecule has 0 spiro atoms. The Morgan fingerprint density at radius 1 is 1.63 bits per heavy atom. The molecular formula is C13H19N3O2S. The monoisotopic (exact) mass is 281 g/mol. The minimum Gasteiger partial charge on any atom is -0.478 e. The van der Waals surface area contributed by atoms with E-state index in [9.17, 15) is 9.90 Å². The van der Waals surface area contributed by atoms with E-state index in [-0.39, 0.29) is 11.4 Å². The van der Waals surface area contributed by atoms with Crippen LogP contribution in [0.4, 0.5) is 11.5 Å². The molecule has 2 unspecified atom stereocenters. The number of hydrogen-bond acceptors (Lipinski definition) is 5. The highest BCUT2D eigenvalue weighted by Gasteiger charge is 2.28. The molecule has 0 radical (unpaired) electrons. The fourth-order valence-corrected chi connectivity index (χ4v) is 3.67. The summed E-state index contributed by atoms with van der Waals surface area (Å²) in [6, 6.07) is 1.72. The Balaban J connectivity index is 2.16. The fraction of sp³-hybridized carbons (Fsp3) is 0.538. The van der Waals surface area contributed by atoms with Crippen molar-refractivity contribution in [1.29, 1.82) is 0 Å². The van der Waals surface area contributed by atoms with E-state index in [4.69, 9.17) is 5.73 Å². The first-order valence-corrected chi connectivity index (χ1v) is 7.53. The molecule has 6 heteroatoms. The summed E-state index contributed by atoms with van der Waals surface area (Å²) in [5, 5.41) is 13.1. The van der Waals surface area contributed by atoms with Gasteiger partial charge in [-0.05, 0) is 24.7 Å². The maximum absolute atomic E-state index is 11.2. The zero-order valence-electron chi connectivity index (χ0n) is 10.9. The smallest absolute Gasteiger partial charge is 0.337 e. The van der Waals surface area contributed by atoms with Gasteiger partial charge in [0.1, 0.15) is 5.82 Å². The standard InChI is InChI=1S/C13H19N3O2S/c1-2-19-11-5-3-4-9(11)16-10-7-15-12(14)6-8(10)13(17)18/h6-7,9,11,16H,2-5H2,1H3,(H2,14,15)(H,17,18). The van der Waals surface area contributed by atoms with Crippen LogP contribution in [0.5, 0.6) is 0 Å². The van der Waals surface area contributed by atoms with Gasteiger partial charge < -0.3 is 16.2 Å². The molecule has 0 saturated heterocycles. The number of aromatic carboxylic acids is 1. The summed E-state index contributed by atoms with van der Waals surface area (Å²) in [6.45, 7) is 2.15. The number of nitrogen functional groups attached to an aromatic ring is 1. The summed E-state index contributed by atoms with van der Waals surface area (Å²) in [5.41, 5.74) is 6.30. The highest BCUT2D eigenvalue weighted by Crippen LogP contribution is 2.32. The molecule has 2 atom stereocenters. The Labute approximate surface area is 117 Å². The molecule has 5 nitrogen and oxygen atoms in total. The summed E-state index contributed by atoms with van der Waals surface area (Å²) in [5.74, 6) is 0.331. The minimum absolute atomic E-state index is 0.194. The van der Waals surface area contributed by atoms with Crippen LogP contribution in [-0.2, 0) is 0 Å². The van der Waals surface area contributed by atoms with E-state index in [1.807, 2.05) is 11.8 Å². The third-order valence-electron chi connectivity index (χ3n) is 3.33. The molecule has 4 N–H and O–H groups in total. The van der Waals surface area contributed by atoms with E-state index in [0.717, 1.165) is 12.2 Å². The van der Waals surface area contributed by atoms with Gasteiger partial charge in [0.05, 0.1) is 17.4 Å². The normalized spacial score (nSPS) is 22.4. The van der Waals surface area contributed by atoms with Gasteiger partial charge in [-0.25, -0.2) is 9.78 Å². The molecular weight excluding hydrogens is 262 g/mol. The molecule has 1 aliphatic rings. The third-order valence-corrected chi connectivity index (χ3v) is 4.66. The van der Waals surface area contributed by atoms with E-state index < -0.39 is 5.97 Å². The number of pyridine rings is 1. The lowest BCUT2D eigenvalue weighted by Gasteiger charge is -2.22. The highest BCUT2D eigenvalue weighted by atomic mass is 32.2. The third kappa shape index (κ3) is 3.32. The number of nitrogens with one attached hydrogen (secondary N) is 1. The molecule has 1 aromatic rings. The lowest BCUT2D eigenvalue weighted by atomic mass is 10.2. The van der Waals surface area contributed by atoms with Crippen molar-refractivity contribution >= 4 is 29.2 Å². The topological polar surface area (TPSA) is 88.2 Å². The van der Waals surface area contributed by atoms with Gasteiger partial charge >= 0.3 is 5.97 Å². The number of carboxylic acid groups (broad SMARTS) is 1. The Bertz CT molecular complexity index is 467. The van der Waals surface area contributed by atoms with Crippen molar-refractivity contribution in [1.82, 2.24) is 4.98 Å². The number of thioether (sulfide) groups is 1. The number of carbonyl (C=O) groups is 1. The van der Waals surface area contributed by atoms with Crippen LogP contribution in [0.25, 0.3) is 0 Å². The fourth-order valence-electron chi connectivity index (χ4n) is 2.47. The van der Waals surface area contributed by atoms with Crippen molar-refractivity contribution in [2.45, 2.75) is 37.5 Å². The summed E-state index contributed by atoms with van der Waals surface area (Å²) in [6.07, 6.45) is 4.95. The van der Waals surface area contributed by atoms with Gasteiger partial charge in [0.2, 0.25) is 0 Å². The average molecular weight is 281 g/mol. The zero-order chi connectivity index (χ0) is 13.8. The summed E-state index contributed by atoms with van der Waals surface area (Å²) >= 11 is 1.93. The Morgan fingerprint density at radius 3 is 3.11 bits per heavy atom. The second-order valence-corrected chi connectivity index (χ2v) is 6.15. The predicted molar refractivity (Wildman–Crippen MR) is 78.8 cm³/mol. The van der Waals surface area contributed by atoms with Crippen LogP contribution in [0, 0.1) is 0 Å². The van der Waals surface area contributed by atoms with Crippen LogP contribution in [0.2, 0.25) is 0 Å². The van der Waals surface area contributed by atoms with Gasteiger partial charge in [-0.1, -0.05) is 13.3 Å². The molecule has 1 aromatic heterocycles. The molecule has 104 valence electrons. The lowest BCUT2D eigenvalue weighted by Crippen LogP contribution is -2.27. The van der Waals surface area contributed by atoms with Crippen LogP contribution >= 0.6 is 11.8 Å². The molecule has 0 aliphatic heterocycles. The second kappa shape index (κ2) is 6.14. The van der Waals surface area contributed by atoms with E-state index in [2.05, 4.69) is 17.2 Å². The van der Waals surface area contributed by atoms with Gasteiger partial charge in [-0.15, -0.1) is 0 Å². The van der Waals surface area contributed by atoms with Gasteiger partial charge in [0, 0.05) is 11.3 Å². The molecule has 0 aromatic carbocycles. The Kier molecular flexibility index (Phi) is 4.52. The molecule has 1 aliphatic carbocycles. The van der Waals surface area contributed by atoms with Crippen LogP contribution in [0.1, 0.15) is 36.5 Å². The predicted octanol–water partition coefficient (Wildman–Crippen LogP) is 2.45. The first-order chi connectivity index (χ1) is 9.11. The maximum Gasteiger partial charge on any atom is 0.337 e. The highest BCUT2D eigenvalue weighted by molar-refractivity contribution is 7.99. The number of carboxylic acids is 1. The summed E-state index contributed by atoms with van der Waals surface area (Å²) in [7, 11) is 0. The van der Waals surface area contributed by atoms with Gasteiger partial charge in [-0.2, -0.15) is 11.8 Å². The molecule has 19 heavy (non-hydrogen) atoms. The van der Waals surface area contributed by atoms with Crippen LogP contribution in [0.3, 0.4) is 0 Å². The number of hydrogen-bond donors (Lipinski definition) is 3. The van der Waals surface area contributed by atoms with Crippen molar-refractivity contribution in [2.75, 3.05) is 16.8 Å². The van der Waals surface area contributed by atoms with E-state index >= 15 is 0 Å². The minimum atomic E-state index is -0.978. The Morgan fingerprint density at radius 2 is 2.42 bits per heavy atom. The van der Waals surface area contributed by atoms with Crippen molar-refractivity contribution in [2.24, 2.45) is 0 Å².